The van der Waals surface area contributed by atoms with Crippen molar-refractivity contribution in [3.63, 3.8) is 0 Å². The van der Waals surface area contributed by atoms with Gasteiger partial charge in [0, 0.05) is 32.6 Å². The number of hydrogen-bond donors (Lipinski definition) is 1. The molecular formula is C17H18N4O3. The maximum absolute atomic E-state index is 12.8. The summed E-state index contributed by atoms with van der Waals surface area (Å²) in [5.41, 5.74) is 0.792. The van der Waals surface area contributed by atoms with Gasteiger partial charge in [-0.2, -0.15) is 5.10 Å². The molecule has 2 aromatic rings. The number of rotatable bonds is 2. The molecule has 24 heavy (non-hydrogen) atoms. The third kappa shape index (κ3) is 3.19. The summed E-state index contributed by atoms with van der Waals surface area (Å²) < 4.78 is 0. The highest BCUT2D eigenvalue weighted by Crippen LogP contribution is 2.26. The maximum atomic E-state index is 12.8. The van der Waals surface area contributed by atoms with Crippen molar-refractivity contribution >= 4 is 11.8 Å². The molecule has 2 amide bonds. The Labute approximate surface area is 138 Å². The fourth-order valence-electron chi connectivity index (χ4n) is 2.88. The predicted octanol–water partition coefficient (Wildman–Crippen LogP) is 0.815. The van der Waals surface area contributed by atoms with Gasteiger partial charge in [-0.25, -0.2) is 5.10 Å². The number of aromatic amines is 1. The highest BCUT2D eigenvalue weighted by molar-refractivity contribution is 5.92. The molecule has 7 heteroatoms. The molecule has 1 aliphatic heterocycles. The lowest BCUT2D eigenvalue weighted by Gasteiger charge is -2.41. The van der Waals surface area contributed by atoms with Crippen molar-refractivity contribution in [1.29, 1.82) is 0 Å². The molecule has 0 saturated carbocycles. The Morgan fingerprint density at radius 1 is 1.12 bits per heavy atom. The zero-order chi connectivity index (χ0) is 17.1. The van der Waals surface area contributed by atoms with Gasteiger partial charge >= 0.3 is 0 Å². The SMILES string of the molecule is CC(=O)N1CCN(C(=O)c2ccc(=O)[nH]n2)[C@@H](c2ccccc2)C1. The Morgan fingerprint density at radius 3 is 2.50 bits per heavy atom. The predicted molar refractivity (Wildman–Crippen MR) is 87.3 cm³/mol. The fourth-order valence-corrected chi connectivity index (χ4v) is 2.88. The Morgan fingerprint density at radius 2 is 1.88 bits per heavy atom. The number of benzene rings is 1. The zero-order valence-electron chi connectivity index (χ0n) is 13.3. The summed E-state index contributed by atoms with van der Waals surface area (Å²) in [6.07, 6.45) is 0. The van der Waals surface area contributed by atoms with E-state index in [2.05, 4.69) is 10.2 Å². The minimum Gasteiger partial charge on any atom is -0.339 e. The zero-order valence-corrected chi connectivity index (χ0v) is 13.3. The van der Waals surface area contributed by atoms with Crippen LogP contribution in [0.3, 0.4) is 0 Å². The van der Waals surface area contributed by atoms with E-state index in [1.165, 1.54) is 19.1 Å². The lowest BCUT2D eigenvalue weighted by atomic mass is 10.0. The number of carbonyl (C=O) groups is 2. The second-order valence-corrected chi connectivity index (χ2v) is 5.70. The molecule has 124 valence electrons. The Bertz CT molecular complexity index is 782. The number of H-pyrrole nitrogens is 1. The van der Waals surface area contributed by atoms with Gasteiger partial charge in [0.2, 0.25) is 5.91 Å². The van der Waals surface area contributed by atoms with Crippen LogP contribution in [0.1, 0.15) is 29.0 Å². The molecule has 1 aromatic heterocycles. The molecule has 2 heterocycles. The lowest BCUT2D eigenvalue weighted by Crippen LogP contribution is -2.52. The number of nitrogens with zero attached hydrogens (tertiary/aromatic N) is 3. The van der Waals surface area contributed by atoms with E-state index in [1.807, 2.05) is 30.3 Å². The number of amides is 2. The minimum absolute atomic E-state index is 0.00908. The fraction of sp³-hybridized carbons (Fsp3) is 0.294. The van der Waals surface area contributed by atoms with Gasteiger partial charge in [0.05, 0.1) is 6.04 Å². The van der Waals surface area contributed by atoms with Crippen molar-refractivity contribution in [2.75, 3.05) is 19.6 Å². The topological polar surface area (TPSA) is 86.4 Å². The Kier molecular flexibility index (Phi) is 4.41. The summed E-state index contributed by atoms with van der Waals surface area (Å²) in [4.78, 5) is 39.1. The first kappa shape index (κ1) is 15.9. The number of aromatic nitrogens is 2. The van der Waals surface area contributed by atoms with Crippen LogP contribution in [0.2, 0.25) is 0 Å². The normalized spacial score (nSPS) is 17.6. The molecule has 1 saturated heterocycles. The molecule has 1 fully saturated rings. The molecule has 1 aromatic carbocycles. The average Bonchev–Trinajstić information content (AvgIpc) is 2.62. The molecule has 1 aliphatic rings. The van der Waals surface area contributed by atoms with Crippen LogP contribution >= 0.6 is 0 Å². The van der Waals surface area contributed by atoms with Gasteiger partial charge in [-0.3, -0.25) is 14.4 Å². The molecule has 0 radical (unpaired) electrons. The van der Waals surface area contributed by atoms with Crippen LogP contribution in [0.25, 0.3) is 0 Å². The van der Waals surface area contributed by atoms with Crippen molar-refractivity contribution in [3.05, 3.63) is 64.1 Å². The standard InChI is InChI=1S/C17H18N4O3/c1-12(22)20-9-10-21(15(11-20)13-5-3-2-4-6-13)17(24)14-7-8-16(23)19-18-14/h2-8,15H,9-11H2,1H3,(H,19,23)/t15-/m1/s1. The van der Waals surface area contributed by atoms with E-state index in [4.69, 9.17) is 0 Å². The molecule has 1 N–H and O–H groups in total. The van der Waals surface area contributed by atoms with E-state index in [9.17, 15) is 14.4 Å². The van der Waals surface area contributed by atoms with E-state index in [0.717, 1.165) is 5.56 Å². The first-order valence-electron chi connectivity index (χ1n) is 7.73. The van der Waals surface area contributed by atoms with Crippen LogP contribution in [-0.4, -0.2) is 51.4 Å². The highest BCUT2D eigenvalue weighted by Gasteiger charge is 2.33. The van der Waals surface area contributed by atoms with E-state index < -0.39 is 0 Å². The third-order valence-electron chi connectivity index (χ3n) is 4.17. The van der Waals surface area contributed by atoms with Crippen LogP contribution in [0.5, 0.6) is 0 Å². The van der Waals surface area contributed by atoms with Crippen LogP contribution in [-0.2, 0) is 4.79 Å². The second kappa shape index (κ2) is 6.66. The largest absolute Gasteiger partial charge is 0.339 e. The van der Waals surface area contributed by atoms with E-state index in [1.54, 1.807) is 9.80 Å². The Hall–Kier alpha value is -2.96. The summed E-state index contributed by atoms with van der Waals surface area (Å²) in [6, 6.07) is 12.1. The van der Waals surface area contributed by atoms with Crippen molar-refractivity contribution in [2.45, 2.75) is 13.0 Å². The van der Waals surface area contributed by atoms with Crippen molar-refractivity contribution in [1.82, 2.24) is 20.0 Å². The van der Waals surface area contributed by atoms with Crippen LogP contribution in [0.4, 0.5) is 0 Å². The van der Waals surface area contributed by atoms with E-state index >= 15 is 0 Å². The van der Waals surface area contributed by atoms with Gasteiger partial charge < -0.3 is 9.80 Å². The van der Waals surface area contributed by atoms with Crippen LogP contribution in [0, 0.1) is 0 Å². The van der Waals surface area contributed by atoms with Crippen molar-refractivity contribution in [2.24, 2.45) is 0 Å². The van der Waals surface area contributed by atoms with E-state index in [-0.39, 0.29) is 29.1 Å². The highest BCUT2D eigenvalue weighted by atomic mass is 16.2. The molecule has 0 unspecified atom stereocenters. The van der Waals surface area contributed by atoms with Gasteiger partial charge in [-0.1, -0.05) is 30.3 Å². The van der Waals surface area contributed by atoms with Crippen molar-refractivity contribution in [3.8, 4) is 0 Å². The third-order valence-corrected chi connectivity index (χ3v) is 4.17. The quantitative estimate of drug-likeness (QED) is 0.885. The van der Waals surface area contributed by atoms with Gasteiger partial charge in [0.1, 0.15) is 5.69 Å². The number of hydrogen-bond acceptors (Lipinski definition) is 4. The monoisotopic (exact) mass is 326 g/mol. The number of piperazine rings is 1. The summed E-state index contributed by atoms with van der Waals surface area (Å²) in [5.74, 6) is -0.270. The van der Waals surface area contributed by atoms with Gasteiger partial charge in [0.25, 0.3) is 11.5 Å². The average molecular weight is 326 g/mol. The van der Waals surface area contributed by atoms with Gasteiger partial charge in [-0.05, 0) is 11.6 Å². The number of carbonyl (C=O) groups excluding carboxylic acids is 2. The van der Waals surface area contributed by atoms with Crippen LogP contribution < -0.4 is 5.56 Å². The van der Waals surface area contributed by atoms with Gasteiger partial charge in [0.15, 0.2) is 0 Å². The molecule has 0 aliphatic carbocycles. The first-order valence-corrected chi connectivity index (χ1v) is 7.73. The van der Waals surface area contributed by atoms with Gasteiger partial charge in [-0.15, -0.1) is 0 Å². The smallest absolute Gasteiger partial charge is 0.274 e. The number of nitrogens with one attached hydrogen (secondary N) is 1. The second-order valence-electron chi connectivity index (χ2n) is 5.70. The van der Waals surface area contributed by atoms with E-state index in [0.29, 0.717) is 19.6 Å². The minimum atomic E-state index is -0.354. The molecule has 1 atom stereocenters. The Balaban J connectivity index is 1.92. The summed E-state index contributed by atoms with van der Waals surface area (Å²) in [5, 5.41) is 6.11. The first-order chi connectivity index (χ1) is 11.6. The molecule has 3 rings (SSSR count). The molecule has 0 spiro atoms. The van der Waals surface area contributed by atoms with Crippen molar-refractivity contribution < 1.29 is 9.59 Å². The summed E-state index contributed by atoms with van der Waals surface area (Å²) in [7, 11) is 0. The summed E-state index contributed by atoms with van der Waals surface area (Å²) in [6.45, 7) is 2.87. The summed E-state index contributed by atoms with van der Waals surface area (Å²) >= 11 is 0. The molecule has 0 bridgehead atoms. The lowest BCUT2D eigenvalue weighted by molar-refractivity contribution is -0.131. The van der Waals surface area contributed by atoms with Crippen LogP contribution in [0.15, 0.2) is 47.3 Å². The molecule has 7 nitrogen and oxygen atoms in total. The maximum Gasteiger partial charge on any atom is 0.274 e. The molecular weight excluding hydrogens is 308 g/mol.